The van der Waals surface area contributed by atoms with Gasteiger partial charge in [0.15, 0.2) is 0 Å². The second kappa shape index (κ2) is 16.9. The van der Waals surface area contributed by atoms with Gasteiger partial charge in [0.05, 0.1) is 0 Å². The Morgan fingerprint density at radius 1 is 1.25 bits per heavy atom. The molecule has 0 fully saturated rings. The fraction of sp³-hybridized carbons (Fsp3) is 0. The van der Waals surface area contributed by atoms with Gasteiger partial charge in [-0.3, -0.25) is 0 Å². The fourth-order valence-electron chi connectivity index (χ4n) is 0. The van der Waals surface area contributed by atoms with E-state index in [9.17, 15) is 0 Å². The average molecular weight is 350 g/mol. The van der Waals surface area contributed by atoms with E-state index in [0.29, 0.717) is 0 Å². The molecule has 0 saturated heterocycles. The van der Waals surface area contributed by atoms with E-state index >= 15 is 0 Å². The molecule has 0 aliphatic heterocycles. The molecule has 0 aromatic rings. The summed E-state index contributed by atoms with van der Waals surface area (Å²) in [6.45, 7) is 0. The molecule has 1 radical (unpaired) electrons. The van der Waals surface area contributed by atoms with E-state index in [-0.39, 0.29) is 77.3 Å². The van der Waals surface area contributed by atoms with Crippen molar-refractivity contribution in [3.63, 3.8) is 0 Å². The van der Waals surface area contributed by atoms with Crippen molar-refractivity contribution in [2.75, 3.05) is 0 Å². The molecule has 4 heteroatoms. The summed E-state index contributed by atoms with van der Waals surface area (Å²) in [5.41, 5.74) is 0. The second-order valence-corrected chi connectivity index (χ2v) is 0. The van der Waals surface area contributed by atoms with Crippen LogP contribution in [0.1, 0.15) is 0 Å². The minimum absolute atomic E-state index is 0. The third-order valence-electron chi connectivity index (χ3n) is 0. The monoisotopic (exact) mass is 350 g/mol. The molecule has 0 aromatic heterocycles. The van der Waals surface area contributed by atoms with E-state index in [4.69, 9.17) is 3.83 Å². The standard InChI is InChI=1S/Ce.La.Mn.O. The van der Waals surface area contributed by atoms with Gasteiger partial charge in [-0.05, 0) is 0 Å². The van der Waals surface area contributed by atoms with Crippen LogP contribution >= 0.6 is 0 Å². The first-order valence-corrected chi connectivity index (χ1v) is 0.636. The molecule has 0 bridgehead atoms. The van der Waals surface area contributed by atoms with Gasteiger partial charge in [-0.1, -0.05) is 0 Å². The third kappa shape index (κ3) is 8.86. The Morgan fingerprint density at radius 2 is 1.25 bits per heavy atom. The Labute approximate surface area is 94.7 Å². The van der Waals surface area contributed by atoms with Crippen LogP contribution in [0, 0.1) is 77.3 Å². The predicted octanol–water partition coefficient (Wildman–Crippen LogP) is -0.121. The molecular weight excluding hydrogens is 350 g/mol. The Kier molecular flexibility index (Phi) is 66.6. The Bertz CT molecular complexity index is 8.00. The van der Waals surface area contributed by atoms with Crippen molar-refractivity contribution >= 4 is 0 Å². The van der Waals surface area contributed by atoms with Gasteiger partial charge in [-0.15, -0.1) is 0 Å². The van der Waals surface area contributed by atoms with Gasteiger partial charge in [-0.2, -0.15) is 0 Å². The summed E-state index contributed by atoms with van der Waals surface area (Å²) in [5, 5.41) is 0. The minimum atomic E-state index is 0. The zero-order chi connectivity index (χ0) is 2.00. The van der Waals surface area contributed by atoms with Crippen molar-refractivity contribution in [1.29, 1.82) is 0 Å². The Hall–Kier alpha value is 2.89. The average Bonchev–Trinajstić information content (AvgIpc) is 1.00. The molecule has 0 rings (SSSR count). The number of hydrogen-bond acceptors (Lipinski definition) is 1. The summed E-state index contributed by atoms with van der Waals surface area (Å²) in [4.78, 5) is 0. The topological polar surface area (TPSA) is 17.1 Å². The third-order valence-corrected chi connectivity index (χ3v) is 0. The normalized spacial score (nSPS) is 1.00. The molecule has 0 saturated carbocycles. The van der Waals surface area contributed by atoms with Crippen LogP contribution in [0.4, 0.5) is 0 Å². The van der Waals surface area contributed by atoms with Gasteiger partial charge in [0.2, 0.25) is 0 Å². The molecule has 0 spiro atoms. The summed E-state index contributed by atoms with van der Waals surface area (Å²) in [5.74, 6) is 0. The van der Waals surface area contributed by atoms with Crippen molar-refractivity contribution in [2.45, 2.75) is 0 Å². The summed E-state index contributed by atoms with van der Waals surface area (Å²) < 4.78 is 8.06. The fourth-order valence-corrected chi connectivity index (χ4v) is 0. The first-order valence-electron chi connectivity index (χ1n) is 0.154. The number of hydrogen-bond donors (Lipinski definition) is 0. The van der Waals surface area contributed by atoms with E-state index in [1.54, 1.807) is 15.9 Å². The molecule has 1 nitrogen and oxygen atoms in total. The van der Waals surface area contributed by atoms with Gasteiger partial charge in [0.25, 0.3) is 0 Å². The zero-order valence-corrected chi connectivity index (χ0v) is 9.81. The van der Waals surface area contributed by atoms with Crippen LogP contribution in [0.25, 0.3) is 0 Å². The zero-order valence-electron chi connectivity index (χ0n) is 1.86. The molecule has 0 N–H and O–H groups in total. The molecule has 0 heterocycles. The Balaban J connectivity index is -0.00000000500. The summed E-state index contributed by atoms with van der Waals surface area (Å²) in [6.07, 6.45) is 0. The molecule has 0 aliphatic rings. The molecule has 20 valence electrons. The quantitative estimate of drug-likeness (QED) is 0.557. The first-order chi connectivity index (χ1) is 1.00. The van der Waals surface area contributed by atoms with Crippen molar-refractivity contribution < 1.29 is 97.1 Å². The van der Waals surface area contributed by atoms with Gasteiger partial charge in [0, 0.05) is 77.3 Å². The van der Waals surface area contributed by atoms with Crippen LogP contribution in [-0.4, -0.2) is 0 Å². The maximum atomic E-state index is 8.06. The molecular formula is CeLaMnO. The second-order valence-electron chi connectivity index (χ2n) is 0. The SMILES string of the molecule is [Ce].[La].[O]=[Mn]. The molecule has 0 aromatic carbocycles. The van der Waals surface area contributed by atoms with E-state index < -0.39 is 0 Å². The van der Waals surface area contributed by atoms with E-state index in [2.05, 4.69) is 0 Å². The van der Waals surface area contributed by atoms with Gasteiger partial charge < -0.3 is 0 Å². The van der Waals surface area contributed by atoms with Crippen LogP contribution in [0.15, 0.2) is 0 Å². The molecule has 0 amide bonds. The Morgan fingerprint density at radius 3 is 1.25 bits per heavy atom. The molecule has 0 atom stereocenters. The van der Waals surface area contributed by atoms with E-state index in [1.165, 1.54) is 0 Å². The predicted molar refractivity (Wildman–Crippen MR) is 0.686 cm³/mol. The van der Waals surface area contributed by atoms with Crippen molar-refractivity contribution in [3.8, 4) is 0 Å². The number of rotatable bonds is 0. The van der Waals surface area contributed by atoms with Crippen LogP contribution < -0.4 is 0 Å². The van der Waals surface area contributed by atoms with Crippen LogP contribution in [0.3, 0.4) is 0 Å². The van der Waals surface area contributed by atoms with Gasteiger partial charge in [0.1, 0.15) is 0 Å². The van der Waals surface area contributed by atoms with Crippen molar-refractivity contribution in [2.24, 2.45) is 0 Å². The summed E-state index contributed by atoms with van der Waals surface area (Å²) >= 11 is 1.69. The van der Waals surface area contributed by atoms with Gasteiger partial charge >= 0.3 is 19.8 Å². The van der Waals surface area contributed by atoms with Gasteiger partial charge in [-0.25, -0.2) is 0 Å². The van der Waals surface area contributed by atoms with Crippen LogP contribution in [-0.2, 0) is 19.8 Å². The summed E-state index contributed by atoms with van der Waals surface area (Å²) in [7, 11) is 0. The van der Waals surface area contributed by atoms with E-state index in [0.717, 1.165) is 0 Å². The van der Waals surface area contributed by atoms with Crippen LogP contribution in [0.5, 0.6) is 0 Å². The first kappa shape index (κ1) is 15.8. The molecule has 0 aliphatic carbocycles. The summed E-state index contributed by atoms with van der Waals surface area (Å²) in [6, 6.07) is 0. The van der Waals surface area contributed by atoms with Crippen molar-refractivity contribution in [3.05, 3.63) is 0 Å². The van der Waals surface area contributed by atoms with Crippen LogP contribution in [0.2, 0.25) is 0 Å². The molecule has 4 heavy (non-hydrogen) atoms. The molecule has 0 unspecified atom stereocenters. The maximum absolute atomic E-state index is 8.06. The van der Waals surface area contributed by atoms with E-state index in [1.807, 2.05) is 0 Å². The van der Waals surface area contributed by atoms with Crippen molar-refractivity contribution in [1.82, 2.24) is 0 Å².